The Bertz CT molecular complexity index is 1140. The van der Waals surface area contributed by atoms with Crippen molar-refractivity contribution >= 4 is 16.7 Å². The molecule has 152 valence electrons. The van der Waals surface area contributed by atoms with E-state index in [1.807, 2.05) is 18.5 Å². The zero-order valence-electron chi connectivity index (χ0n) is 17.0. The molecule has 7 nitrogen and oxygen atoms in total. The molecular weight excluding hydrogens is 376 g/mol. The molecule has 1 N–H and O–H groups in total. The van der Waals surface area contributed by atoms with Crippen molar-refractivity contribution < 1.29 is 4.74 Å². The van der Waals surface area contributed by atoms with Gasteiger partial charge in [-0.25, -0.2) is 9.97 Å². The zero-order chi connectivity index (χ0) is 20.3. The molecule has 0 unspecified atom stereocenters. The van der Waals surface area contributed by atoms with Gasteiger partial charge in [-0.1, -0.05) is 18.2 Å². The van der Waals surface area contributed by atoms with Gasteiger partial charge in [0.1, 0.15) is 17.9 Å². The van der Waals surface area contributed by atoms with E-state index in [4.69, 9.17) is 4.74 Å². The highest BCUT2D eigenvalue weighted by Crippen LogP contribution is 2.29. The second kappa shape index (κ2) is 8.12. The number of ether oxygens (including phenoxy) is 1. The summed E-state index contributed by atoms with van der Waals surface area (Å²) < 4.78 is 5.35. The van der Waals surface area contributed by atoms with Crippen LogP contribution in [0.5, 0.6) is 5.75 Å². The van der Waals surface area contributed by atoms with Gasteiger partial charge in [-0.2, -0.15) is 5.10 Å². The number of aromatic amines is 1. The molecule has 30 heavy (non-hydrogen) atoms. The molecule has 2 aromatic carbocycles. The van der Waals surface area contributed by atoms with Crippen LogP contribution in [0.2, 0.25) is 0 Å². The highest BCUT2D eigenvalue weighted by Gasteiger charge is 2.20. The van der Waals surface area contributed by atoms with Crippen molar-refractivity contribution in [3.8, 4) is 16.9 Å². The standard InChI is InChI=1S/C23H24N6O/c1-30-20-4-2-3-17(11-20)15-28-7-9-29(10-8-28)23-21-12-18(19-13-26-27-14-19)5-6-22(21)24-16-25-23/h2-6,11-14,16H,7-10,15H2,1H3,(H,26,27). The molecule has 0 bridgehead atoms. The van der Waals surface area contributed by atoms with Crippen molar-refractivity contribution in [1.82, 2.24) is 25.1 Å². The number of fused-ring (bicyclic) bond motifs is 1. The molecule has 3 heterocycles. The van der Waals surface area contributed by atoms with Gasteiger partial charge in [0.05, 0.1) is 18.8 Å². The zero-order valence-corrected chi connectivity index (χ0v) is 17.0. The van der Waals surface area contributed by atoms with E-state index in [2.05, 4.69) is 66.4 Å². The van der Waals surface area contributed by atoms with Crippen molar-refractivity contribution in [2.24, 2.45) is 0 Å². The second-order valence-corrected chi connectivity index (χ2v) is 7.53. The van der Waals surface area contributed by atoms with Crippen LogP contribution < -0.4 is 9.64 Å². The molecular formula is C23H24N6O. The quantitative estimate of drug-likeness (QED) is 0.554. The molecule has 0 saturated carbocycles. The van der Waals surface area contributed by atoms with E-state index < -0.39 is 0 Å². The number of hydrogen-bond acceptors (Lipinski definition) is 6. The summed E-state index contributed by atoms with van der Waals surface area (Å²) in [6.07, 6.45) is 5.40. The average Bonchev–Trinajstić information content (AvgIpc) is 3.34. The second-order valence-electron chi connectivity index (χ2n) is 7.53. The minimum Gasteiger partial charge on any atom is -0.497 e. The van der Waals surface area contributed by atoms with Crippen molar-refractivity contribution in [3.63, 3.8) is 0 Å². The number of nitrogens with one attached hydrogen (secondary N) is 1. The number of hydrogen-bond donors (Lipinski definition) is 1. The van der Waals surface area contributed by atoms with Gasteiger partial charge < -0.3 is 9.64 Å². The summed E-state index contributed by atoms with van der Waals surface area (Å²) in [4.78, 5) is 13.9. The number of piperazine rings is 1. The molecule has 0 amide bonds. The van der Waals surface area contributed by atoms with E-state index >= 15 is 0 Å². The first kappa shape index (κ1) is 18.6. The Kier molecular flexibility index (Phi) is 5.03. The predicted molar refractivity (Wildman–Crippen MR) is 118 cm³/mol. The van der Waals surface area contributed by atoms with Crippen molar-refractivity contribution in [2.75, 3.05) is 38.2 Å². The number of aromatic nitrogens is 4. The topological polar surface area (TPSA) is 70.2 Å². The van der Waals surface area contributed by atoms with Crippen molar-refractivity contribution in [1.29, 1.82) is 0 Å². The minimum absolute atomic E-state index is 0.909. The van der Waals surface area contributed by atoms with Crippen molar-refractivity contribution in [3.05, 3.63) is 66.7 Å². The van der Waals surface area contributed by atoms with Crippen molar-refractivity contribution in [2.45, 2.75) is 6.54 Å². The Balaban J connectivity index is 1.33. The summed E-state index contributed by atoms with van der Waals surface area (Å²) in [5, 5.41) is 8.03. The molecule has 1 fully saturated rings. The van der Waals surface area contributed by atoms with Gasteiger partial charge in [-0.3, -0.25) is 10.00 Å². The molecule has 0 aliphatic carbocycles. The van der Waals surface area contributed by atoms with Crippen LogP contribution in [0.1, 0.15) is 5.56 Å². The van der Waals surface area contributed by atoms with E-state index in [-0.39, 0.29) is 0 Å². The smallest absolute Gasteiger partial charge is 0.139 e. The van der Waals surface area contributed by atoms with Crippen LogP contribution in [-0.4, -0.2) is 58.4 Å². The van der Waals surface area contributed by atoms with E-state index in [0.29, 0.717) is 0 Å². The third-order valence-electron chi connectivity index (χ3n) is 5.66. The Labute approximate surface area is 175 Å². The Morgan fingerprint density at radius 1 is 1.00 bits per heavy atom. The monoisotopic (exact) mass is 400 g/mol. The van der Waals surface area contributed by atoms with Crippen LogP contribution in [-0.2, 0) is 6.54 Å². The Morgan fingerprint density at radius 3 is 2.70 bits per heavy atom. The molecule has 1 saturated heterocycles. The number of H-pyrrole nitrogens is 1. The predicted octanol–water partition coefficient (Wildman–Crippen LogP) is 3.35. The largest absolute Gasteiger partial charge is 0.497 e. The van der Waals surface area contributed by atoms with Gasteiger partial charge >= 0.3 is 0 Å². The summed E-state index contributed by atoms with van der Waals surface area (Å²) in [7, 11) is 1.71. The molecule has 7 heteroatoms. The fourth-order valence-corrected chi connectivity index (χ4v) is 4.03. The fraction of sp³-hybridized carbons (Fsp3) is 0.261. The number of rotatable bonds is 5. The molecule has 1 aliphatic heterocycles. The molecule has 0 radical (unpaired) electrons. The summed E-state index contributed by atoms with van der Waals surface area (Å²) in [6.45, 7) is 4.78. The molecule has 0 atom stereocenters. The lowest BCUT2D eigenvalue weighted by Gasteiger charge is -2.35. The minimum atomic E-state index is 0.909. The normalized spacial score (nSPS) is 14.9. The van der Waals surface area contributed by atoms with E-state index in [9.17, 15) is 0 Å². The van der Waals surface area contributed by atoms with Crippen LogP contribution in [0.4, 0.5) is 5.82 Å². The average molecular weight is 400 g/mol. The van der Waals surface area contributed by atoms with Gasteiger partial charge in [0.25, 0.3) is 0 Å². The van der Waals surface area contributed by atoms with Crippen LogP contribution in [0.3, 0.4) is 0 Å². The van der Waals surface area contributed by atoms with Crippen LogP contribution in [0.15, 0.2) is 61.2 Å². The molecule has 4 aromatic rings. The van der Waals surface area contributed by atoms with Crippen LogP contribution >= 0.6 is 0 Å². The molecule has 0 spiro atoms. The van der Waals surface area contributed by atoms with Gasteiger partial charge in [0.2, 0.25) is 0 Å². The third kappa shape index (κ3) is 3.71. The van der Waals surface area contributed by atoms with E-state index in [1.165, 1.54) is 5.56 Å². The lowest BCUT2D eigenvalue weighted by molar-refractivity contribution is 0.249. The van der Waals surface area contributed by atoms with Gasteiger partial charge in [0, 0.05) is 49.9 Å². The summed E-state index contributed by atoms with van der Waals surface area (Å²) in [6, 6.07) is 14.6. The number of benzene rings is 2. The van der Waals surface area contributed by atoms with Gasteiger partial charge in [-0.05, 0) is 35.4 Å². The highest BCUT2D eigenvalue weighted by atomic mass is 16.5. The van der Waals surface area contributed by atoms with Gasteiger partial charge in [-0.15, -0.1) is 0 Å². The van der Waals surface area contributed by atoms with E-state index in [0.717, 1.165) is 66.3 Å². The summed E-state index contributed by atoms with van der Waals surface area (Å²) in [5.41, 5.74) is 4.42. The Hall–Kier alpha value is -3.45. The van der Waals surface area contributed by atoms with Crippen LogP contribution in [0.25, 0.3) is 22.0 Å². The fourth-order valence-electron chi connectivity index (χ4n) is 4.03. The SMILES string of the molecule is COc1cccc(CN2CCN(c3ncnc4ccc(-c5cn[nH]c5)cc34)CC2)c1. The Morgan fingerprint density at radius 2 is 1.90 bits per heavy atom. The lowest BCUT2D eigenvalue weighted by Crippen LogP contribution is -2.46. The summed E-state index contributed by atoms with van der Waals surface area (Å²) in [5.74, 6) is 1.92. The first-order valence-electron chi connectivity index (χ1n) is 10.1. The highest BCUT2D eigenvalue weighted by molar-refractivity contribution is 5.92. The molecule has 1 aliphatic rings. The maximum atomic E-state index is 5.35. The number of nitrogens with zero attached hydrogens (tertiary/aromatic N) is 5. The maximum absolute atomic E-state index is 5.35. The van der Waals surface area contributed by atoms with Gasteiger partial charge in [0.15, 0.2) is 0 Å². The number of anilines is 1. The van der Waals surface area contributed by atoms with E-state index in [1.54, 1.807) is 13.4 Å². The maximum Gasteiger partial charge on any atom is 0.139 e. The van der Waals surface area contributed by atoms with Crippen LogP contribution in [0, 0.1) is 0 Å². The molecule has 2 aromatic heterocycles. The number of methoxy groups -OCH3 is 1. The first-order valence-corrected chi connectivity index (χ1v) is 10.1. The summed E-state index contributed by atoms with van der Waals surface area (Å²) >= 11 is 0. The third-order valence-corrected chi connectivity index (χ3v) is 5.66. The lowest BCUT2D eigenvalue weighted by atomic mass is 10.1. The first-order chi connectivity index (χ1) is 14.8. The molecule has 5 rings (SSSR count).